The first kappa shape index (κ1) is 21.8. The van der Waals surface area contributed by atoms with Crippen molar-refractivity contribution in [2.24, 2.45) is 0 Å². The Hall–Kier alpha value is -2.38. The number of hydrogen-bond acceptors (Lipinski definition) is 4. The fourth-order valence-corrected chi connectivity index (χ4v) is 5.26. The number of anilines is 1. The molecule has 1 aliphatic heterocycles. The van der Waals surface area contributed by atoms with Gasteiger partial charge in [0.15, 0.2) is 0 Å². The molecule has 2 fully saturated rings. The summed E-state index contributed by atoms with van der Waals surface area (Å²) in [5.74, 6) is -0.210. The van der Waals surface area contributed by atoms with E-state index in [1.807, 2.05) is 18.2 Å². The normalized spacial score (nSPS) is 18.1. The van der Waals surface area contributed by atoms with Crippen LogP contribution in [0.2, 0.25) is 0 Å². The number of nitrogens with zero attached hydrogens (tertiary/aromatic N) is 2. The molecule has 0 spiro atoms. The Morgan fingerprint density at radius 1 is 1.03 bits per heavy atom. The highest BCUT2D eigenvalue weighted by molar-refractivity contribution is 7.89. The van der Waals surface area contributed by atoms with Gasteiger partial charge in [-0.05, 0) is 55.9 Å². The van der Waals surface area contributed by atoms with Gasteiger partial charge < -0.3 is 10.2 Å². The van der Waals surface area contributed by atoms with Crippen LogP contribution in [-0.4, -0.2) is 52.4 Å². The second-order valence-electron chi connectivity index (χ2n) is 8.84. The van der Waals surface area contributed by atoms with E-state index in [0.29, 0.717) is 12.1 Å². The fourth-order valence-electron chi connectivity index (χ4n) is 4.33. The maximum Gasteiger partial charge on any atom is 0.253 e. The highest BCUT2D eigenvalue weighted by Crippen LogP contribution is 2.47. The van der Waals surface area contributed by atoms with Crippen molar-refractivity contribution in [2.45, 2.75) is 42.4 Å². The molecule has 1 amide bonds. The van der Waals surface area contributed by atoms with Crippen LogP contribution in [0.5, 0.6) is 0 Å². The lowest BCUT2D eigenvalue weighted by atomic mass is 9.96. The van der Waals surface area contributed by atoms with Crippen LogP contribution < -0.4 is 10.2 Å². The minimum absolute atomic E-state index is 0.00443. The van der Waals surface area contributed by atoms with E-state index < -0.39 is 10.0 Å². The molecular weight excluding hydrogens is 410 g/mol. The van der Waals surface area contributed by atoms with Crippen LogP contribution in [0.3, 0.4) is 0 Å². The number of sulfonamides is 1. The summed E-state index contributed by atoms with van der Waals surface area (Å²) in [4.78, 5) is 15.7. The molecule has 1 N–H and O–H groups in total. The molecule has 1 heterocycles. The summed E-state index contributed by atoms with van der Waals surface area (Å²) in [6.07, 6.45) is 5.44. The lowest BCUT2D eigenvalue weighted by molar-refractivity contribution is 0.0950. The summed E-state index contributed by atoms with van der Waals surface area (Å²) in [6, 6.07) is 15.2. The van der Waals surface area contributed by atoms with E-state index in [1.165, 1.54) is 36.5 Å². The molecule has 6 nitrogen and oxygen atoms in total. The minimum atomic E-state index is -3.62. The zero-order valence-corrected chi connectivity index (χ0v) is 19.1. The molecule has 1 aliphatic carbocycles. The maximum absolute atomic E-state index is 13.3. The van der Waals surface area contributed by atoms with Gasteiger partial charge in [0.2, 0.25) is 10.0 Å². The second-order valence-corrected chi connectivity index (χ2v) is 11.0. The van der Waals surface area contributed by atoms with Gasteiger partial charge in [0.1, 0.15) is 0 Å². The van der Waals surface area contributed by atoms with E-state index in [0.717, 1.165) is 44.5 Å². The van der Waals surface area contributed by atoms with Crippen molar-refractivity contribution in [1.29, 1.82) is 0 Å². The third-order valence-corrected chi connectivity index (χ3v) is 8.33. The number of amides is 1. The van der Waals surface area contributed by atoms with E-state index >= 15 is 0 Å². The van der Waals surface area contributed by atoms with Gasteiger partial charge in [0, 0.05) is 44.8 Å². The third kappa shape index (κ3) is 4.48. The van der Waals surface area contributed by atoms with Crippen molar-refractivity contribution in [3.05, 3.63) is 59.7 Å². The van der Waals surface area contributed by atoms with Crippen LogP contribution in [0.4, 0.5) is 5.69 Å². The quantitative estimate of drug-likeness (QED) is 0.715. The predicted molar refractivity (Wildman–Crippen MR) is 123 cm³/mol. The first-order valence-electron chi connectivity index (χ1n) is 11.0. The van der Waals surface area contributed by atoms with Gasteiger partial charge in [-0.25, -0.2) is 12.7 Å². The topological polar surface area (TPSA) is 69.7 Å². The Kier molecular flexibility index (Phi) is 6.08. The Balaban J connectivity index is 1.61. The average Bonchev–Trinajstić information content (AvgIpc) is 3.59. The molecule has 1 saturated carbocycles. The van der Waals surface area contributed by atoms with Crippen LogP contribution in [0.25, 0.3) is 0 Å². The summed E-state index contributed by atoms with van der Waals surface area (Å²) in [7, 11) is -0.611. The Bertz CT molecular complexity index is 1040. The second kappa shape index (κ2) is 8.63. The van der Waals surface area contributed by atoms with Gasteiger partial charge in [-0.1, -0.05) is 30.3 Å². The predicted octanol–water partition coefficient (Wildman–Crippen LogP) is 3.39. The lowest BCUT2D eigenvalue weighted by Gasteiger charge is -2.31. The largest absolute Gasteiger partial charge is 0.371 e. The Labute approximate surface area is 185 Å². The molecule has 7 heteroatoms. The number of nitrogens with one attached hydrogen (secondary N) is 1. The molecule has 2 aromatic rings. The van der Waals surface area contributed by atoms with Crippen LogP contribution in [0.1, 0.15) is 48.0 Å². The van der Waals surface area contributed by atoms with E-state index in [1.54, 1.807) is 12.1 Å². The van der Waals surface area contributed by atoms with Crippen molar-refractivity contribution >= 4 is 21.6 Å². The molecule has 166 valence electrons. The number of rotatable bonds is 7. The van der Waals surface area contributed by atoms with E-state index in [9.17, 15) is 13.2 Å². The number of carbonyl (C=O) groups is 1. The molecule has 0 atom stereocenters. The van der Waals surface area contributed by atoms with E-state index in [2.05, 4.69) is 22.3 Å². The molecule has 0 bridgehead atoms. The fraction of sp³-hybridized carbons (Fsp3) is 0.458. The molecule has 31 heavy (non-hydrogen) atoms. The molecule has 0 unspecified atom stereocenters. The monoisotopic (exact) mass is 441 g/mol. The third-order valence-electron chi connectivity index (χ3n) is 6.52. The molecular formula is C24H31N3O3S. The average molecular weight is 442 g/mol. The van der Waals surface area contributed by atoms with Gasteiger partial charge in [-0.2, -0.15) is 0 Å². The van der Waals surface area contributed by atoms with E-state index in [-0.39, 0.29) is 16.2 Å². The zero-order chi connectivity index (χ0) is 22.1. The summed E-state index contributed by atoms with van der Waals surface area (Å²) in [5, 5.41) is 3.11. The molecule has 0 radical (unpaired) electrons. The van der Waals surface area contributed by atoms with Crippen molar-refractivity contribution in [3.63, 3.8) is 0 Å². The van der Waals surface area contributed by atoms with Crippen LogP contribution >= 0.6 is 0 Å². The maximum atomic E-state index is 13.3. The van der Waals surface area contributed by atoms with Gasteiger partial charge in [0.05, 0.1) is 10.5 Å². The van der Waals surface area contributed by atoms with Crippen molar-refractivity contribution in [3.8, 4) is 0 Å². The molecule has 0 aromatic heterocycles. The van der Waals surface area contributed by atoms with Crippen LogP contribution in [0, 0.1) is 0 Å². The number of piperidine rings is 1. The number of carbonyl (C=O) groups excluding carboxylic acids is 1. The standard InChI is InChI=1S/C24H31N3O3S/c1-26(2)31(29,30)20-11-12-22(27-15-7-4-8-16-27)21(17-20)23(28)25-18-24(13-14-24)19-9-5-3-6-10-19/h3,5-6,9-12,17H,4,7-8,13-16,18H2,1-2H3,(H,25,28). The molecule has 1 saturated heterocycles. The smallest absolute Gasteiger partial charge is 0.253 e. The molecule has 2 aromatic carbocycles. The lowest BCUT2D eigenvalue weighted by Crippen LogP contribution is -2.35. The van der Waals surface area contributed by atoms with Crippen molar-refractivity contribution in [1.82, 2.24) is 9.62 Å². The van der Waals surface area contributed by atoms with Crippen molar-refractivity contribution in [2.75, 3.05) is 38.6 Å². The summed E-state index contributed by atoms with van der Waals surface area (Å²) in [6.45, 7) is 2.32. The first-order chi connectivity index (χ1) is 14.8. The van der Waals surface area contributed by atoms with E-state index in [4.69, 9.17) is 0 Å². The van der Waals surface area contributed by atoms with Crippen LogP contribution in [-0.2, 0) is 15.4 Å². The summed E-state index contributed by atoms with van der Waals surface area (Å²) in [5.41, 5.74) is 2.50. The molecule has 4 rings (SSSR count). The Morgan fingerprint density at radius 2 is 1.71 bits per heavy atom. The van der Waals surface area contributed by atoms with Gasteiger partial charge in [-0.15, -0.1) is 0 Å². The summed E-state index contributed by atoms with van der Waals surface area (Å²) < 4.78 is 26.6. The first-order valence-corrected chi connectivity index (χ1v) is 12.4. The van der Waals surface area contributed by atoms with Gasteiger partial charge in [-0.3, -0.25) is 4.79 Å². The number of benzene rings is 2. The SMILES string of the molecule is CN(C)S(=O)(=O)c1ccc(N2CCCCC2)c(C(=O)NCC2(c3ccccc3)CC2)c1. The molecule has 2 aliphatic rings. The summed E-state index contributed by atoms with van der Waals surface area (Å²) >= 11 is 0. The zero-order valence-electron chi connectivity index (χ0n) is 18.3. The van der Waals surface area contributed by atoms with Gasteiger partial charge >= 0.3 is 0 Å². The van der Waals surface area contributed by atoms with Crippen molar-refractivity contribution < 1.29 is 13.2 Å². The number of hydrogen-bond donors (Lipinski definition) is 1. The Morgan fingerprint density at radius 3 is 2.32 bits per heavy atom. The van der Waals surface area contributed by atoms with Gasteiger partial charge in [0.25, 0.3) is 5.91 Å². The minimum Gasteiger partial charge on any atom is -0.371 e. The van der Waals surface area contributed by atoms with Crippen LogP contribution in [0.15, 0.2) is 53.4 Å². The highest BCUT2D eigenvalue weighted by atomic mass is 32.2. The highest BCUT2D eigenvalue weighted by Gasteiger charge is 2.44.